The number of ether oxygens (including phenoxy) is 1. The van der Waals surface area contributed by atoms with E-state index < -0.39 is 0 Å². The van der Waals surface area contributed by atoms with Crippen molar-refractivity contribution >= 4 is 25.5 Å². The standard InChI is InChI=1S/C17H26N2O2Se/c1-4-17(5-2)12-14(19(18-17)16(20)21-6-3)13-22-15-10-8-7-9-11-15/h7-11,14,18H,4-6,12-13H2,1-3H3. The zero-order valence-corrected chi connectivity index (χ0v) is 15.4. The van der Waals surface area contributed by atoms with Crippen LogP contribution in [-0.4, -0.2) is 44.2 Å². The first-order valence-electron chi connectivity index (χ1n) is 8.05. The van der Waals surface area contributed by atoms with Gasteiger partial charge in [-0.1, -0.05) is 0 Å². The SMILES string of the molecule is CCOC(=O)N1NC(CC)(CC)CC1C[Se]c1ccccc1. The van der Waals surface area contributed by atoms with E-state index in [2.05, 4.69) is 43.5 Å². The van der Waals surface area contributed by atoms with Crippen LogP contribution in [0.2, 0.25) is 5.32 Å². The molecule has 0 saturated carbocycles. The molecule has 1 saturated heterocycles. The number of benzene rings is 1. The van der Waals surface area contributed by atoms with Gasteiger partial charge in [-0.2, -0.15) is 0 Å². The molecule has 122 valence electrons. The molecule has 0 aromatic heterocycles. The summed E-state index contributed by atoms with van der Waals surface area (Å²) in [6, 6.07) is 10.8. The maximum atomic E-state index is 12.2. The Morgan fingerprint density at radius 3 is 2.59 bits per heavy atom. The van der Waals surface area contributed by atoms with Gasteiger partial charge in [-0.3, -0.25) is 0 Å². The fourth-order valence-corrected chi connectivity index (χ4v) is 4.96. The number of hydrazine groups is 1. The molecule has 2 rings (SSSR count). The molecule has 1 aliphatic rings. The molecular weight excluding hydrogens is 343 g/mol. The predicted octanol–water partition coefficient (Wildman–Crippen LogP) is 2.73. The Morgan fingerprint density at radius 1 is 1.32 bits per heavy atom. The molecule has 0 spiro atoms. The maximum absolute atomic E-state index is 12.2. The second kappa shape index (κ2) is 8.00. The van der Waals surface area contributed by atoms with Gasteiger partial charge in [0.2, 0.25) is 0 Å². The topological polar surface area (TPSA) is 41.6 Å². The van der Waals surface area contributed by atoms with Crippen molar-refractivity contribution in [2.24, 2.45) is 0 Å². The molecule has 4 nitrogen and oxygen atoms in total. The summed E-state index contributed by atoms with van der Waals surface area (Å²) in [5, 5.41) is 2.77. The molecule has 5 heteroatoms. The van der Waals surface area contributed by atoms with Gasteiger partial charge in [0, 0.05) is 0 Å². The quantitative estimate of drug-likeness (QED) is 0.784. The average molecular weight is 369 g/mol. The van der Waals surface area contributed by atoms with E-state index in [4.69, 9.17) is 4.74 Å². The monoisotopic (exact) mass is 370 g/mol. The Balaban J connectivity index is 2.06. The molecule has 1 heterocycles. The van der Waals surface area contributed by atoms with E-state index in [9.17, 15) is 4.79 Å². The van der Waals surface area contributed by atoms with Crippen LogP contribution in [0.25, 0.3) is 0 Å². The number of carbonyl (C=O) groups excluding carboxylic acids is 1. The molecule has 0 aliphatic carbocycles. The van der Waals surface area contributed by atoms with E-state index in [0.29, 0.717) is 21.6 Å². The van der Waals surface area contributed by atoms with Crippen LogP contribution in [0.15, 0.2) is 30.3 Å². The number of nitrogens with zero attached hydrogens (tertiary/aromatic N) is 1. The predicted molar refractivity (Wildman–Crippen MR) is 90.4 cm³/mol. The van der Waals surface area contributed by atoms with E-state index in [0.717, 1.165) is 24.6 Å². The van der Waals surface area contributed by atoms with E-state index in [1.165, 1.54) is 4.46 Å². The van der Waals surface area contributed by atoms with Crippen LogP contribution in [0.4, 0.5) is 4.79 Å². The van der Waals surface area contributed by atoms with Gasteiger partial charge >= 0.3 is 139 Å². The summed E-state index contributed by atoms with van der Waals surface area (Å²) in [7, 11) is 0. The van der Waals surface area contributed by atoms with Crippen LogP contribution >= 0.6 is 0 Å². The molecule has 1 atom stereocenters. The van der Waals surface area contributed by atoms with Crippen LogP contribution in [0.1, 0.15) is 40.0 Å². The zero-order valence-electron chi connectivity index (χ0n) is 13.7. The Bertz CT molecular complexity index is 477. The van der Waals surface area contributed by atoms with Gasteiger partial charge in [0.1, 0.15) is 0 Å². The van der Waals surface area contributed by atoms with E-state index in [1.54, 1.807) is 5.01 Å². The van der Waals surface area contributed by atoms with Crippen molar-refractivity contribution in [3.05, 3.63) is 30.3 Å². The average Bonchev–Trinajstić information content (AvgIpc) is 2.94. The molecule has 0 radical (unpaired) electrons. The fraction of sp³-hybridized carbons (Fsp3) is 0.588. The molecule has 1 aromatic rings. The number of rotatable bonds is 6. The van der Waals surface area contributed by atoms with Crippen LogP contribution in [0, 0.1) is 0 Å². The van der Waals surface area contributed by atoms with Crippen molar-refractivity contribution in [2.75, 3.05) is 6.61 Å². The van der Waals surface area contributed by atoms with Gasteiger partial charge in [0.05, 0.1) is 0 Å². The van der Waals surface area contributed by atoms with E-state index >= 15 is 0 Å². The third kappa shape index (κ3) is 4.03. The van der Waals surface area contributed by atoms with Gasteiger partial charge in [0.25, 0.3) is 0 Å². The molecule has 1 fully saturated rings. The van der Waals surface area contributed by atoms with Crippen LogP contribution in [-0.2, 0) is 4.74 Å². The van der Waals surface area contributed by atoms with Crippen LogP contribution in [0.3, 0.4) is 0 Å². The van der Waals surface area contributed by atoms with Gasteiger partial charge in [-0.25, -0.2) is 0 Å². The number of hydrogen-bond acceptors (Lipinski definition) is 3. The van der Waals surface area contributed by atoms with Gasteiger partial charge in [0.15, 0.2) is 0 Å². The van der Waals surface area contributed by atoms with E-state index in [1.807, 2.05) is 13.0 Å². The van der Waals surface area contributed by atoms with Crippen molar-refractivity contribution in [1.29, 1.82) is 0 Å². The summed E-state index contributed by atoms with van der Waals surface area (Å²) in [5.41, 5.74) is 3.48. The molecule has 0 bridgehead atoms. The first kappa shape index (κ1) is 17.3. The van der Waals surface area contributed by atoms with Gasteiger partial charge in [-0.05, 0) is 0 Å². The molecule has 1 aliphatic heterocycles. The number of nitrogens with one attached hydrogen (secondary N) is 1. The van der Waals surface area contributed by atoms with Crippen molar-refractivity contribution in [3.63, 3.8) is 0 Å². The summed E-state index contributed by atoms with van der Waals surface area (Å²) < 4.78 is 6.60. The molecular formula is C17H26N2O2Se. The Kier molecular flexibility index (Phi) is 6.30. The van der Waals surface area contributed by atoms with Gasteiger partial charge in [-0.15, -0.1) is 0 Å². The fourth-order valence-electron chi connectivity index (χ4n) is 2.86. The molecule has 22 heavy (non-hydrogen) atoms. The van der Waals surface area contributed by atoms with Crippen molar-refractivity contribution in [1.82, 2.24) is 10.4 Å². The first-order valence-corrected chi connectivity index (χ1v) is 10.1. The van der Waals surface area contributed by atoms with Crippen molar-refractivity contribution in [2.45, 2.75) is 56.9 Å². The van der Waals surface area contributed by atoms with Crippen molar-refractivity contribution in [3.8, 4) is 0 Å². The number of carbonyl (C=O) groups is 1. The molecule has 1 N–H and O–H groups in total. The second-order valence-corrected chi connectivity index (χ2v) is 7.94. The molecule has 1 aromatic carbocycles. The third-order valence-electron chi connectivity index (χ3n) is 4.35. The third-order valence-corrected chi connectivity index (χ3v) is 6.78. The van der Waals surface area contributed by atoms with E-state index in [-0.39, 0.29) is 17.7 Å². The molecule has 1 amide bonds. The summed E-state index contributed by atoms with van der Waals surface area (Å²) >= 11 is 0.371. The number of hydrogen-bond donors (Lipinski definition) is 1. The Hall–Kier alpha value is -1.03. The summed E-state index contributed by atoms with van der Waals surface area (Å²) in [5.74, 6) is 0. The van der Waals surface area contributed by atoms with Crippen LogP contribution < -0.4 is 9.89 Å². The minimum absolute atomic E-state index is 0.0319. The Labute approximate surface area is 139 Å². The summed E-state index contributed by atoms with van der Waals surface area (Å²) in [6.07, 6.45) is 2.82. The summed E-state index contributed by atoms with van der Waals surface area (Å²) in [6.45, 7) is 6.64. The van der Waals surface area contributed by atoms with Crippen molar-refractivity contribution < 1.29 is 9.53 Å². The zero-order chi connectivity index (χ0) is 16.0. The second-order valence-electron chi connectivity index (χ2n) is 5.65. The Morgan fingerprint density at radius 2 is 2.00 bits per heavy atom. The first-order chi connectivity index (χ1) is 10.6. The summed E-state index contributed by atoms with van der Waals surface area (Å²) in [4.78, 5) is 12.2. The normalized spacial score (nSPS) is 20.1. The minimum atomic E-state index is -0.236. The molecule has 1 unspecified atom stereocenters. The number of amides is 1. The van der Waals surface area contributed by atoms with Gasteiger partial charge < -0.3 is 0 Å². The van der Waals surface area contributed by atoms with Crippen LogP contribution in [0.5, 0.6) is 0 Å².